The molecule has 0 spiro atoms. The van der Waals surface area contributed by atoms with Gasteiger partial charge in [0, 0.05) is 12.6 Å². The van der Waals surface area contributed by atoms with Gasteiger partial charge in [0.25, 0.3) is 0 Å². The van der Waals surface area contributed by atoms with Gasteiger partial charge < -0.3 is 10.1 Å². The summed E-state index contributed by atoms with van der Waals surface area (Å²) in [6.07, 6.45) is 9.92. The van der Waals surface area contributed by atoms with Gasteiger partial charge in [0.1, 0.15) is 0 Å². The first-order valence-corrected chi connectivity index (χ1v) is 8.39. The summed E-state index contributed by atoms with van der Waals surface area (Å²) in [6, 6.07) is 0.853. The van der Waals surface area contributed by atoms with Crippen LogP contribution in [0.3, 0.4) is 0 Å². The standard InChI is InChI=1S/C17H31NO/c1-16(2)13-8-9-17(16,3)15(12-13)19-11-5-4-10-18-14-6-7-14/h13-15,18H,4-12H2,1-3H3. The molecule has 0 aliphatic heterocycles. The van der Waals surface area contributed by atoms with Gasteiger partial charge in [-0.1, -0.05) is 20.8 Å². The smallest absolute Gasteiger partial charge is 0.0636 e. The Morgan fingerprint density at radius 3 is 2.47 bits per heavy atom. The lowest BCUT2D eigenvalue weighted by Gasteiger charge is -2.39. The van der Waals surface area contributed by atoms with Crippen molar-refractivity contribution in [3.8, 4) is 0 Å². The van der Waals surface area contributed by atoms with Crippen molar-refractivity contribution in [2.75, 3.05) is 13.2 Å². The first-order valence-electron chi connectivity index (χ1n) is 8.39. The molecule has 2 bridgehead atoms. The highest BCUT2D eigenvalue weighted by Crippen LogP contribution is 2.66. The summed E-state index contributed by atoms with van der Waals surface area (Å²) in [4.78, 5) is 0. The molecule has 110 valence electrons. The van der Waals surface area contributed by atoms with Crippen LogP contribution in [0.2, 0.25) is 0 Å². The Labute approximate surface area is 118 Å². The maximum Gasteiger partial charge on any atom is 0.0636 e. The molecule has 3 aliphatic rings. The Bertz CT molecular complexity index is 323. The molecule has 3 aliphatic carbocycles. The highest BCUT2D eigenvalue weighted by Gasteiger charge is 2.61. The molecule has 3 atom stereocenters. The van der Waals surface area contributed by atoms with Crippen LogP contribution in [0.4, 0.5) is 0 Å². The van der Waals surface area contributed by atoms with E-state index in [9.17, 15) is 0 Å². The van der Waals surface area contributed by atoms with E-state index in [0.29, 0.717) is 16.9 Å². The van der Waals surface area contributed by atoms with E-state index >= 15 is 0 Å². The van der Waals surface area contributed by atoms with Crippen LogP contribution in [-0.2, 0) is 4.74 Å². The minimum Gasteiger partial charge on any atom is -0.378 e. The van der Waals surface area contributed by atoms with Crippen molar-refractivity contribution in [3.63, 3.8) is 0 Å². The van der Waals surface area contributed by atoms with E-state index in [1.165, 1.54) is 51.5 Å². The number of hydrogen-bond donors (Lipinski definition) is 1. The molecule has 0 aromatic carbocycles. The Hall–Kier alpha value is -0.0800. The molecule has 3 fully saturated rings. The monoisotopic (exact) mass is 265 g/mol. The summed E-state index contributed by atoms with van der Waals surface area (Å²) >= 11 is 0. The van der Waals surface area contributed by atoms with E-state index < -0.39 is 0 Å². The van der Waals surface area contributed by atoms with Crippen LogP contribution in [0.15, 0.2) is 0 Å². The second-order valence-electron chi connectivity index (χ2n) is 7.91. The highest BCUT2D eigenvalue weighted by atomic mass is 16.5. The van der Waals surface area contributed by atoms with Crippen molar-refractivity contribution in [2.45, 2.75) is 77.9 Å². The number of unbranched alkanes of at least 4 members (excludes halogenated alkanes) is 1. The van der Waals surface area contributed by atoms with Crippen LogP contribution in [0, 0.1) is 16.7 Å². The number of fused-ring (bicyclic) bond motifs is 2. The lowest BCUT2D eigenvalue weighted by molar-refractivity contribution is -0.0474. The number of rotatable bonds is 7. The molecule has 2 nitrogen and oxygen atoms in total. The fourth-order valence-electron chi connectivity index (χ4n) is 4.43. The molecule has 3 saturated carbocycles. The van der Waals surface area contributed by atoms with Crippen LogP contribution in [0.5, 0.6) is 0 Å². The molecule has 0 amide bonds. The quantitative estimate of drug-likeness (QED) is 0.708. The van der Waals surface area contributed by atoms with Crippen LogP contribution in [0.25, 0.3) is 0 Å². The molecular formula is C17H31NO. The fraction of sp³-hybridized carbons (Fsp3) is 1.00. The van der Waals surface area contributed by atoms with E-state index in [2.05, 4.69) is 26.1 Å². The average Bonchev–Trinajstić information content (AvgIpc) is 3.13. The average molecular weight is 265 g/mol. The molecule has 0 aromatic rings. The van der Waals surface area contributed by atoms with E-state index in [4.69, 9.17) is 4.74 Å². The lowest BCUT2D eigenvalue weighted by Crippen LogP contribution is -2.37. The zero-order valence-corrected chi connectivity index (χ0v) is 13.0. The molecule has 3 unspecified atom stereocenters. The Kier molecular flexibility index (Phi) is 3.68. The molecule has 3 rings (SSSR count). The van der Waals surface area contributed by atoms with Crippen molar-refractivity contribution < 1.29 is 4.74 Å². The molecule has 19 heavy (non-hydrogen) atoms. The SMILES string of the molecule is CC1(C)C2CCC1(C)C(OCCCCNC1CC1)C2. The van der Waals surface area contributed by atoms with E-state index in [0.717, 1.165) is 18.6 Å². The minimum absolute atomic E-state index is 0.434. The second kappa shape index (κ2) is 5.04. The summed E-state index contributed by atoms with van der Waals surface area (Å²) in [5.41, 5.74) is 0.926. The van der Waals surface area contributed by atoms with Gasteiger partial charge in [-0.15, -0.1) is 0 Å². The topological polar surface area (TPSA) is 21.3 Å². The van der Waals surface area contributed by atoms with Crippen LogP contribution in [0.1, 0.15) is 65.7 Å². The van der Waals surface area contributed by atoms with Crippen LogP contribution < -0.4 is 5.32 Å². The Morgan fingerprint density at radius 2 is 1.89 bits per heavy atom. The molecule has 0 saturated heterocycles. The first-order chi connectivity index (χ1) is 9.04. The Morgan fingerprint density at radius 1 is 1.11 bits per heavy atom. The molecule has 2 heteroatoms. The summed E-state index contributed by atoms with van der Waals surface area (Å²) in [7, 11) is 0. The van der Waals surface area contributed by atoms with Crippen molar-refractivity contribution in [1.82, 2.24) is 5.32 Å². The van der Waals surface area contributed by atoms with Crippen LogP contribution in [-0.4, -0.2) is 25.3 Å². The number of nitrogens with one attached hydrogen (secondary N) is 1. The van der Waals surface area contributed by atoms with Gasteiger partial charge in [0.05, 0.1) is 6.10 Å². The van der Waals surface area contributed by atoms with Crippen molar-refractivity contribution in [3.05, 3.63) is 0 Å². The van der Waals surface area contributed by atoms with Gasteiger partial charge in [0.15, 0.2) is 0 Å². The third-order valence-corrected chi connectivity index (χ3v) is 6.61. The van der Waals surface area contributed by atoms with Gasteiger partial charge in [-0.2, -0.15) is 0 Å². The first kappa shape index (κ1) is 13.9. The third kappa shape index (κ3) is 2.47. The van der Waals surface area contributed by atoms with E-state index in [1.54, 1.807) is 0 Å². The van der Waals surface area contributed by atoms with Gasteiger partial charge in [-0.05, 0) is 68.2 Å². The number of hydrogen-bond acceptors (Lipinski definition) is 2. The van der Waals surface area contributed by atoms with Gasteiger partial charge in [0.2, 0.25) is 0 Å². The highest BCUT2D eigenvalue weighted by molar-refractivity contribution is 5.11. The fourth-order valence-corrected chi connectivity index (χ4v) is 4.43. The lowest BCUT2D eigenvalue weighted by atomic mass is 9.70. The summed E-state index contributed by atoms with van der Waals surface area (Å²) in [5.74, 6) is 0.902. The van der Waals surface area contributed by atoms with Gasteiger partial charge in [-0.25, -0.2) is 0 Å². The van der Waals surface area contributed by atoms with E-state index in [1.807, 2.05) is 0 Å². The van der Waals surface area contributed by atoms with Gasteiger partial charge >= 0.3 is 0 Å². The predicted molar refractivity (Wildman–Crippen MR) is 79.2 cm³/mol. The maximum absolute atomic E-state index is 6.27. The van der Waals surface area contributed by atoms with Gasteiger partial charge in [-0.3, -0.25) is 0 Å². The normalized spacial score (nSPS) is 39.9. The molecule has 1 N–H and O–H groups in total. The Balaban J connectivity index is 1.36. The third-order valence-electron chi connectivity index (χ3n) is 6.61. The molecular weight excluding hydrogens is 234 g/mol. The van der Waals surface area contributed by atoms with Crippen molar-refractivity contribution in [2.24, 2.45) is 16.7 Å². The largest absolute Gasteiger partial charge is 0.378 e. The zero-order valence-electron chi connectivity index (χ0n) is 13.0. The molecule has 0 aromatic heterocycles. The maximum atomic E-state index is 6.27. The second-order valence-corrected chi connectivity index (χ2v) is 7.91. The number of ether oxygens (including phenoxy) is 1. The molecule has 0 radical (unpaired) electrons. The summed E-state index contributed by atoms with van der Waals surface area (Å²) in [6.45, 7) is 9.56. The zero-order chi connectivity index (χ0) is 13.5. The summed E-state index contributed by atoms with van der Waals surface area (Å²) < 4.78 is 6.27. The summed E-state index contributed by atoms with van der Waals surface area (Å²) in [5, 5.41) is 3.58. The predicted octanol–water partition coefficient (Wildman–Crippen LogP) is 3.75. The molecule has 0 heterocycles. The van der Waals surface area contributed by atoms with Crippen molar-refractivity contribution >= 4 is 0 Å². The van der Waals surface area contributed by atoms with Crippen molar-refractivity contribution in [1.29, 1.82) is 0 Å². The minimum atomic E-state index is 0.434. The van der Waals surface area contributed by atoms with Crippen LogP contribution >= 0.6 is 0 Å². The van der Waals surface area contributed by atoms with E-state index in [-0.39, 0.29) is 0 Å².